The zero-order chi connectivity index (χ0) is 15.4. The minimum Gasteiger partial charge on any atom is -0.409 e. The first-order chi connectivity index (χ1) is 9.24. The molecule has 0 spiro atoms. The molecule has 1 saturated carbocycles. The Bertz CT molecular complexity index is 366. The Morgan fingerprint density at radius 1 is 1.35 bits per heavy atom. The lowest BCUT2D eigenvalue weighted by Gasteiger charge is -2.35. The largest absolute Gasteiger partial charge is 0.409 e. The summed E-state index contributed by atoms with van der Waals surface area (Å²) in [7, 11) is 0. The molecule has 1 atom stereocenters. The number of nitrogens with two attached hydrogens (primary N) is 1. The van der Waals surface area contributed by atoms with Gasteiger partial charge in [0.15, 0.2) is 5.84 Å². The molecule has 0 bridgehead atoms. The number of hydrogen-bond acceptors (Lipinski definition) is 3. The van der Waals surface area contributed by atoms with Crippen molar-refractivity contribution in [1.29, 1.82) is 0 Å². The molecule has 1 aliphatic carbocycles. The number of hydrogen-bond donors (Lipinski definition) is 3. The number of amidine groups is 1. The van der Waals surface area contributed by atoms with Crippen LogP contribution in [0.15, 0.2) is 5.16 Å². The van der Waals surface area contributed by atoms with E-state index in [1.807, 2.05) is 0 Å². The molecular weight excluding hydrogens is 254 g/mol. The highest BCUT2D eigenvalue weighted by molar-refractivity contribution is 6.06. The van der Waals surface area contributed by atoms with E-state index in [4.69, 9.17) is 10.9 Å². The standard InChI is InChI=1S/C15H29N3O2/c1-11(14(2,3)4)10-17-13(19)15(12(16)18-20)8-6-5-7-9-15/h11,20H,5-10H2,1-4H3,(H2,16,18)(H,17,19). The van der Waals surface area contributed by atoms with Crippen molar-refractivity contribution in [2.24, 2.45) is 27.6 Å². The molecule has 0 aromatic rings. The van der Waals surface area contributed by atoms with Crippen molar-refractivity contribution in [2.45, 2.75) is 59.8 Å². The van der Waals surface area contributed by atoms with Crippen molar-refractivity contribution < 1.29 is 10.0 Å². The fraction of sp³-hybridized carbons (Fsp3) is 0.867. The molecule has 1 fully saturated rings. The van der Waals surface area contributed by atoms with Crippen LogP contribution in [0.25, 0.3) is 0 Å². The summed E-state index contributed by atoms with van der Waals surface area (Å²) in [4.78, 5) is 12.6. The number of carbonyl (C=O) groups excluding carboxylic acids is 1. The van der Waals surface area contributed by atoms with Crippen molar-refractivity contribution in [3.63, 3.8) is 0 Å². The Labute approximate surface area is 122 Å². The molecule has 1 unspecified atom stereocenters. The third-order valence-corrected chi connectivity index (χ3v) is 4.79. The SMILES string of the molecule is CC(CNC(=O)C1(C(N)=NO)CCCCC1)C(C)(C)C. The predicted octanol–water partition coefficient (Wildman–Crippen LogP) is 2.48. The van der Waals surface area contributed by atoms with Crippen LogP contribution in [0.4, 0.5) is 0 Å². The second kappa shape index (κ2) is 6.46. The molecule has 0 aromatic carbocycles. The van der Waals surface area contributed by atoms with Crippen LogP contribution in [0.5, 0.6) is 0 Å². The van der Waals surface area contributed by atoms with Crippen molar-refractivity contribution >= 4 is 11.7 Å². The molecule has 1 amide bonds. The van der Waals surface area contributed by atoms with Gasteiger partial charge < -0.3 is 16.3 Å². The Balaban J connectivity index is 2.75. The zero-order valence-corrected chi connectivity index (χ0v) is 13.2. The lowest BCUT2D eigenvalue weighted by molar-refractivity contribution is -0.129. The molecule has 0 saturated heterocycles. The van der Waals surface area contributed by atoms with Crippen molar-refractivity contribution in [3.8, 4) is 0 Å². The summed E-state index contributed by atoms with van der Waals surface area (Å²) in [6.45, 7) is 9.21. The molecule has 20 heavy (non-hydrogen) atoms. The van der Waals surface area contributed by atoms with Gasteiger partial charge in [-0.05, 0) is 24.2 Å². The van der Waals surface area contributed by atoms with Crippen LogP contribution in [0.2, 0.25) is 0 Å². The first-order valence-corrected chi connectivity index (χ1v) is 7.50. The summed E-state index contributed by atoms with van der Waals surface area (Å²) >= 11 is 0. The first kappa shape index (κ1) is 16.8. The van der Waals surface area contributed by atoms with Crippen molar-refractivity contribution in [1.82, 2.24) is 5.32 Å². The lowest BCUT2D eigenvalue weighted by Crippen LogP contribution is -2.52. The van der Waals surface area contributed by atoms with E-state index in [1.54, 1.807) is 0 Å². The number of nitrogens with zero attached hydrogens (tertiary/aromatic N) is 1. The molecule has 4 N–H and O–H groups in total. The van der Waals surface area contributed by atoms with Gasteiger partial charge in [0.1, 0.15) is 5.41 Å². The van der Waals surface area contributed by atoms with Gasteiger partial charge >= 0.3 is 0 Å². The molecule has 0 aliphatic heterocycles. The molecule has 0 radical (unpaired) electrons. The Morgan fingerprint density at radius 2 is 1.90 bits per heavy atom. The van der Waals surface area contributed by atoms with E-state index in [1.165, 1.54) is 0 Å². The number of amides is 1. The Morgan fingerprint density at radius 3 is 2.35 bits per heavy atom. The van der Waals surface area contributed by atoms with Gasteiger partial charge in [-0.2, -0.15) is 0 Å². The van der Waals surface area contributed by atoms with Crippen molar-refractivity contribution in [2.75, 3.05) is 6.54 Å². The van der Waals surface area contributed by atoms with Gasteiger partial charge in [0.05, 0.1) is 0 Å². The third-order valence-electron chi connectivity index (χ3n) is 4.79. The van der Waals surface area contributed by atoms with Crippen LogP contribution in [0, 0.1) is 16.7 Å². The van der Waals surface area contributed by atoms with E-state index in [9.17, 15) is 4.79 Å². The van der Waals surface area contributed by atoms with Gasteiger partial charge in [0, 0.05) is 6.54 Å². The predicted molar refractivity (Wildman–Crippen MR) is 80.6 cm³/mol. The molecule has 5 nitrogen and oxygen atoms in total. The van der Waals surface area contributed by atoms with Crippen LogP contribution < -0.4 is 11.1 Å². The zero-order valence-electron chi connectivity index (χ0n) is 13.2. The molecule has 0 heterocycles. The normalized spacial score (nSPS) is 21.3. The van der Waals surface area contributed by atoms with Crippen molar-refractivity contribution in [3.05, 3.63) is 0 Å². The summed E-state index contributed by atoms with van der Waals surface area (Å²) < 4.78 is 0. The van der Waals surface area contributed by atoms with Crippen LogP contribution in [-0.4, -0.2) is 23.5 Å². The second-order valence-electron chi connectivity index (χ2n) is 7.11. The smallest absolute Gasteiger partial charge is 0.233 e. The minimum absolute atomic E-state index is 0.0538. The monoisotopic (exact) mass is 283 g/mol. The molecule has 5 heteroatoms. The highest BCUT2D eigenvalue weighted by Gasteiger charge is 2.43. The number of oxime groups is 1. The van der Waals surface area contributed by atoms with Gasteiger partial charge in [-0.25, -0.2) is 0 Å². The van der Waals surface area contributed by atoms with Crippen LogP contribution in [0.3, 0.4) is 0 Å². The van der Waals surface area contributed by atoms with E-state index in [2.05, 4.69) is 38.2 Å². The molecule has 1 rings (SSSR count). The summed E-state index contributed by atoms with van der Waals surface area (Å²) in [5.74, 6) is 0.320. The van der Waals surface area contributed by atoms with Gasteiger partial charge in [0.25, 0.3) is 0 Å². The van der Waals surface area contributed by atoms with Crippen LogP contribution in [-0.2, 0) is 4.79 Å². The summed E-state index contributed by atoms with van der Waals surface area (Å²) in [5.41, 5.74) is 5.14. The summed E-state index contributed by atoms with van der Waals surface area (Å²) in [5, 5.41) is 15.1. The number of nitrogens with one attached hydrogen (secondary N) is 1. The van der Waals surface area contributed by atoms with E-state index in [-0.39, 0.29) is 17.2 Å². The van der Waals surface area contributed by atoms with Crippen LogP contribution in [0.1, 0.15) is 59.8 Å². The van der Waals surface area contributed by atoms with Gasteiger partial charge in [0.2, 0.25) is 5.91 Å². The maximum Gasteiger partial charge on any atom is 0.233 e. The van der Waals surface area contributed by atoms with Gasteiger partial charge in [-0.3, -0.25) is 4.79 Å². The number of rotatable bonds is 4. The highest BCUT2D eigenvalue weighted by Crippen LogP contribution is 2.37. The van der Waals surface area contributed by atoms with E-state index in [0.717, 1.165) is 19.3 Å². The average molecular weight is 283 g/mol. The third kappa shape index (κ3) is 3.64. The second-order valence-corrected chi connectivity index (χ2v) is 7.11. The number of carbonyl (C=O) groups is 1. The maximum absolute atomic E-state index is 12.6. The topological polar surface area (TPSA) is 87.7 Å². The van der Waals surface area contributed by atoms with E-state index < -0.39 is 5.41 Å². The molecule has 1 aliphatic rings. The van der Waals surface area contributed by atoms with E-state index in [0.29, 0.717) is 25.3 Å². The lowest BCUT2D eigenvalue weighted by atomic mass is 9.72. The Kier molecular flexibility index (Phi) is 5.42. The van der Waals surface area contributed by atoms with Gasteiger partial charge in [-0.15, -0.1) is 0 Å². The summed E-state index contributed by atoms with van der Waals surface area (Å²) in [6, 6.07) is 0. The summed E-state index contributed by atoms with van der Waals surface area (Å²) in [6.07, 6.45) is 4.32. The average Bonchev–Trinajstić information content (AvgIpc) is 2.42. The fourth-order valence-electron chi connectivity index (χ4n) is 2.57. The van der Waals surface area contributed by atoms with E-state index >= 15 is 0 Å². The highest BCUT2D eigenvalue weighted by atomic mass is 16.4. The first-order valence-electron chi connectivity index (χ1n) is 7.50. The maximum atomic E-state index is 12.6. The molecular formula is C15H29N3O2. The minimum atomic E-state index is -0.815. The quantitative estimate of drug-likeness (QED) is 0.320. The van der Waals surface area contributed by atoms with Crippen LogP contribution >= 0.6 is 0 Å². The fourth-order valence-corrected chi connectivity index (χ4v) is 2.57. The molecule has 0 aromatic heterocycles. The van der Waals surface area contributed by atoms with Gasteiger partial charge in [-0.1, -0.05) is 52.1 Å². The Hall–Kier alpha value is -1.26. The molecule has 116 valence electrons.